The summed E-state index contributed by atoms with van der Waals surface area (Å²) in [7, 11) is 0. The summed E-state index contributed by atoms with van der Waals surface area (Å²) in [5.74, 6) is -0.0891. The van der Waals surface area contributed by atoms with E-state index in [1.807, 2.05) is 43.3 Å². The fourth-order valence-corrected chi connectivity index (χ4v) is 4.11. The highest BCUT2D eigenvalue weighted by Crippen LogP contribution is 2.28. The number of hydrogen-bond donors (Lipinski definition) is 0. The fraction of sp³-hybridized carbons (Fsp3) is 0.259. The molecule has 0 fully saturated rings. The SMILES string of the molecule is CCCCc1ccc(-n2c(C)cc(/C=C3/C(=O)N(c4ccccc4)N=C3C)c2C)cc1. The largest absolute Gasteiger partial charge is 0.318 e. The van der Waals surface area contributed by atoms with Crippen molar-refractivity contribution in [2.24, 2.45) is 5.10 Å². The van der Waals surface area contributed by atoms with Gasteiger partial charge in [0.15, 0.2) is 0 Å². The van der Waals surface area contributed by atoms with E-state index >= 15 is 0 Å². The van der Waals surface area contributed by atoms with Crippen molar-refractivity contribution in [1.29, 1.82) is 0 Å². The number of unbranched alkanes of at least 4 members (excludes halogenated alkanes) is 1. The second-order valence-corrected chi connectivity index (χ2v) is 8.13. The number of carbonyl (C=O) groups excluding carboxylic acids is 1. The van der Waals surface area contributed by atoms with Crippen molar-refractivity contribution in [3.63, 3.8) is 0 Å². The van der Waals surface area contributed by atoms with Crippen LogP contribution in [0, 0.1) is 13.8 Å². The van der Waals surface area contributed by atoms with Gasteiger partial charge in [0.25, 0.3) is 5.91 Å². The van der Waals surface area contributed by atoms with Crippen molar-refractivity contribution in [1.82, 2.24) is 4.57 Å². The van der Waals surface area contributed by atoms with Crippen LogP contribution in [0.5, 0.6) is 0 Å². The molecule has 0 atom stereocenters. The molecular formula is C27H29N3O. The lowest BCUT2D eigenvalue weighted by Gasteiger charge is -2.11. The van der Waals surface area contributed by atoms with Crippen LogP contribution < -0.4 is 5.01 Å². The topological polar surface area (TPSA) is 37.6 Å². The Morgan fingerprint density at radius 3 is 2.32 bits per heavy atom. The number of hydrazone groups is 1. The van der Waals surface area contributed by atoms with Gasteiger partial charge in [-0.25, -0.2) is 0 Å². The first-order chi connectivity index (χ1) is 15.0. The number of rotatable bonds is 6. The zero-order valence-electron chi connectivity index (χ0n) is 18.7. The molecule has 1 amide bonds. The summed E-state index contributed by atoms with van der Waals surface area (Å²) < 4.78 is 2.25. The first kappa shape index (κ1) is 20.9. The number of hydrogen-bond acceptors (Lipinski definition) is 2. The Kier molecular flexibility index (Phi) is 5.90. The minimum absolute atomic E-state index is 0.0891. The van der Waals surface area contributed by atoms with Gasteiger partial charge in [0, 0.05) is 17.1 Å². The summed E-state index contributed by atoms with van der Waals surface area (Å²) in [6.07, 6.45) is 5.52. The quantitative estimate of drug-likeness (QED) is 0.442. The summed E-state index contributed by atoms with van der Waals surface area (Å²) >= 11 is 0. The molecule has 3 aromatic rings. The molecule has 0 radical (unpaired) electrons. The number of aromatic nitrogens is 1. The monoisotopic (exact) mass is 411 g/mol. The number of carbonyl (C=O) groups is 1. The molecule has 0 bridgehead atoms. The second-order valence-electron chi connectivity index (χ2n) is 8.13. The highest BCUT2D eigenvalue weighted by molar-refractivity contribution is 6.32. The number of aryl methyl sites for hydroxylation is 2. The highest BCUT2D eigenvalue weighted by atomic mass is 16.2. The molecule has 1 aliphatic rings. The van der Waals surface area contributed by atoms with Gasteiger partial charge >= 0.3 is 0 Å². The van der Waals surface area contributed by atoms with Crippen LogP contribution >= 0.6 is 0 Å². The van der Waals surface area contributed by atoms with Crippen LogP contribution in [-0.4, -0.2) is 16.2 Å². The Bertz CT molecular complexity index is 1150. The van der Waals surface area contributed by atoms with Crippen molar-refractivity contribution in [3.8, 4) is 5.69 Å². The second kappa shape index (κ2) is 8.76. The van der Waals surface area contributed by atoms with E-state index in [0.29, 0.717) is 5.57 Å². The average molecular weight is 412 g/mol. The van der Waals surface area contributed by atoms with Gasteiger partial charge in [-0.1, -0.05) is 43.7 Å². The van der Waals surface area contributed by atoms with Crippen molar-refractivity contribution in [2.45, 2.75) is 47.0 Å². The van der Waals surface area contributed by atoms with Crippen LogP contribution in [0.3, 0.4) is 0 Å². The molecule has 0 saturated carbocycles. The third-order valence-corrected chi connectivity index (χ3v) is 5.85. The summed E-state index contributed by atoms with van der Waals surface area (Å²) in [5, 5.41) is 5.98. The van der Waals surface area contributed by atoms with Gasteiger partial charge in [-0.15, -0.1) is 0 Å². The van der Waals surface area contributed by atoms with Crippen LogP contribution in [-0.2, 0) is 11.2 Å². The zero-order valence-corrected chi connectivity index (χ0v) is 18.7. The number of para-hydroxylation sites is 1. The Morgan fingerprint density at radius 1 is 0.935 bits per heavy atom. The van der Waals surface area contributed by atoms with Crippen LogP contribution in [0.2, 0.25) is 0 Å². The highest BCUT2D eigenvalue weighted by Gasteiger charge is 2.29. The summed E-state index contributed by atoms with van der Waals surface area (Å²) in [4.78, 5) is 13.1. The zero-order chi connectivity index (χ0) is 22.0. The molecule has 4 heteroatoms. The molecule has 0 saturated heterocycles. The predicted molar refractivity (Wildman–Crippen MR) is 129 cm³/mol. The lowest BCUT2D eigenvalue weighted by molar-refractivity contribution is -0.114. The Balaban J connectivity index is 1.64. The van der Waals surface area contributed by atoms with Gasteiger partial charge in [0.2, 0.25) is 0 Å². The van der Waals surface area contributed by atoms with Crippen LogP contribution in [0.4, 0.5) is 5.69 Å². The third kappa shape index (κ3) is 4.11. The van der Waals surface area contributed by atoms with E-state index in [9.17, 15) is 4.79 Å². The van der Waals surface area contributed by atoms with Crippen molar-refractivity contribution < 1.29 is 4.79 Å². The van der Waals surface area contributed by atoms with E-state index in [-0.39, 0.29) is 5.91 Å². The predicted octanol–water partition coefficient (Wildman–Crippen LogP) is 6.24. The van der Waals surface area contributed by atoms with E-state index < -0.39 is 0 Å². The molecule has 2 aromatic carbocycles. The van der Waals surface area contributed by atoms with E-state index in [2.05, 4.69) is 60.8 Å². The molecule has 4 nitrogen and oxygen atoms in total. The van der Waals surface area contributed by atoms with E-state index in [1.54, 1.807) is 0 Å². The standard InChI is InChI=1S/C27H29N3O/c1-5-6-10-22-13-15-24(16-14-22)29-19(2)17-23(21(29)4)18-26-20(3)28-30(27(26)31)25-11-8-7-9-12-25/h7-9,11-18H,5-6,10H2,1-4H3/b26-18+. The Hall–Kier alpha value is -3.40. The van der Waals surface area contributed by atoms with Crippen molar-refractivity contribution >= 4 is 23.4 Å². The first-order valence-corrected chi connectivity index (χ1v) is 10.9. The average Bonchev–Trinajstić information content (AvgIpc) is 3.23. The minimum Gasteiger partial charge on any atom is -0.318 e. The number of anilines is 1. The third-order valence-electron chi connectivity index (χ3n) is 5.85. The first-order valence-electron chi connectivity index (χ1n) is 10.9. The Labute approximate surface area is 184 Å². The maximum absolute atomic E-state index is 13.1. The van der Waals surface area contributed by atoms with Crippen LogP contribution in [0.25, 0.3) is 11.8 Å². The van der Waals surface area contributed by atoms with Gasteiger partial charge in [0.05, 0.1) is 17.0 Å². The van der Waals surface area contributed by atoms with Crippen LogP contribution in [0.1, 0.15) is 49.2 Å². The van der Waals surface area contributed by atoms with E-state index in [0.717, 1.165) is 40.5 Å². The molecular weight excluding hydrogens is 382 g/mol. The maximum atomic E-state index is 13.1. The molecule has 158 valence electrons. The fourth-order valence-electron chi connectivity index (χ4n) is 4.11. The summed E-state index contributed by atoms with van der Waals surface area (Å²) in [5.41, 5.74) is 7.98. The molecule has 31 heavy (non-hydrogen) atoms. The summed E-state index contributed by atoms with van der Waals surface area (Å²) in [6, 6.07) is 20.5. The number of nitrogens with zero attached hydrogens (tertiary/aromatic N) is 3. The van der Waals surface area contributed by atoms with E-state index in [1.165, 1.54) is 23.4 Å². The summed E-state index contributed by atoms with van der Waals surface area (Å²) in [6.45, 7) is 8.32. The maximum Gasteiger partial charge on any atom is 0.280 e. The normalized spacial score (nSPS) is 15.1. The lowest BCUT2D eigenvalue weighted by atomic mass is 10.1. The minimum atomic E-state index is -0.0891. The molecule has 0 aliphatic carbocycles. The van der Waals surface area contributed by atoms with Crippen molar-refractivity contribution in [2.75, 3.05) is 5.01 Å². The number of benzene rings is 2. The Morgan fingerprint density at radius 2 is 1.65 bits per heavy atom. The molecule has 4 rings (SSSR count). The molecule has 0 spiro atoms. The molecule has 0 N–H and O–H groups in total. The van der Waals surface area contributed by atoms with Crippen molar-refractivity contribution in [3.05, 3.63) is 88.8 Å². The van der Waals surface area contributed by atoms with Gasteiger partial charge in [-0.3, -0.25) is 4.79 Å². The smallest absolute Gasteiger partial charge is 0.280 e. The van der Waals surface area contributed by atoms with Gasteiger partial charge in [-0.05, 0) is 81.1 Å². The molecule has 1 aromatic heterocycles. The van der Waals surface area contributed by atoms with E-state index in [4.69, 9.17) is 0 Å². The molecule has 1 aliphatic heterocycles. The lowest BCUT2D eigenvalue weighted by Crippen LogP contribution is -2.21. The molecule has 2 heterocycles. The van der Waals surface area contributed by atoms with Gasteiger partial charge in [-0.2, -0.15) is 10.1 Å². The number of amides is 1. The molecule has 0 unspecified atom stereocenters. The van der Waals surface area contributed by atoms with Gasteiger partial charge < -0.3 is 4.57 Å². The van der Waals surface area contributed by atoms with Gasteiger partial charge in [0.1, 0.15) is 0 Å². The van der Waals surface area contributed by atoms with Crippen LogP contribution in [0.15, 0.2) is 71.3 Å².